The molecule has 2 heterocycles. The molecule has 0 aliphatic carbocycles. The molecule has 1 amide bonds. The number of anilines is 3. The Morgan fingerprint density at radius 2 is 1.91 bits per heavy atom. The van der Waals surface area contributed by atoms with Gasteiger partial charge in [0.2, 0.25) is 5.95 Å². The van der Waals surface area contributed by atoms with Gasteiger partial charge in [0.05, 0.1) is 5.52 Å². The highest BCUT2D eigenvalue weighted by atomic mass is 19.3. The lowest BCUT2D eigenvalue weighted by molar-refractivity contribution is 0.0573. The fraction of sp³-hybridized carbons (Fsp3) is 0.150. The number of aromatic nitrogens is 5. The number of nitrogens with one attached hydrogen (secondary N) is 2. The third kappa shape index (κ3) is 4.59. The fourth-order valence-electron chi connectivity index (χ4n) is 3.02. The number of rotatable bonds is 8. The molecule has 0 aliphatic rings. The first-order valence-electron chi connectivity index (χ1n) is 9.53. The maximum Gasteiger partial charge on any atom is 0.333 e. The highest BCUT2D eigenvalue weighted by Gasteiger charge is 2.16. The molecule has 0 unspecified atom stereocenters. The number of hydrogen-bond acceptors (Lipinski definition) is 8. The van der Waals surface area contributed by atoms with Crippen LogP contribution in [0.15, 0.2) is 54.7 Å². The van der Waals surface area contributed by atoms with Crippen LogP contribution in [-0.2, 0) is 0 Å². The molecule has 0 saturated heterocycles. The van der Waals surface area contributed by atoms with Crippen molar-refractivity contribution in [3.8, 4) is 0 Å². The van der Waals surface area contributed by atoms with Crippen molar-refractivity contribution in [1.29, 1.82) is 0 Å². The summed E-state index contributed by atoms with van der Waals surface area (Å²) in [4.78, 5) is 16.0. The van der Waals surface area contributed by atoms with Crippen LogP contribution in [0.4, 0.5) is 26.2 Å². The van der Waals surface area contributed by atoms with Crippen molar-refractivity contribution in [2.24, 2.45) is 11.5 Å². The number of benzene rings is 2. The second-order valence-electron chi connectivity index (χ2n) is 6.88. The van der Waals surface area contributed by atoms with Crippen LogP contribution < -0.4 is 22.1 Å². The second-order valence-corrected chi connectivity index (χ2v) is 6.88. The van der Waals surface area contributed by atoms with Crippen molar-refractivity contribution >= 4 is 34.3 Å². The van der Waals surface area contributed by atoms with Gasteiger partial charge in [-0.1, -0.05) is 30.3 Å². The van der Waals surface area contributed by atoms with Gasteiger partial charge in [-0.05, 0) is 23.8 Å². The quantitative estimate of drug-likeness (QED) is 0.327. The van der Waals surface area contributed by atoms with Crippen molar-refractivity contribution in [3.63, 3.8) is 0 Å². The van der Waals surface area contributed by atoms with Gasteiger partial charge in [0.25, 0.3) is 5.91 Å². The van der Waals surface area contributed by atoms with E-state index in [4.69, 9.17) is 11.5 Å². The van der Waals surface area contributed by atoms with Gasteiger partial charge in [0, 0.05) is 29.9 Å². The van der Waals surface area contributed by atoms with Crippen molar-refractivity contribution < 1.29 is 13.6 Å². The number of primary amides is 1. The summed E-state index contributed by atoms with van der Waals surface area (Å²) in [5.41, 5.74) is 13.1. The van der Waals surface area contributed by atoms with Crippen LogP contribution in [-0.4, -0.2) is 37.4 Å². The Balaban J connectivity index is 1.55. The van der Waals surface area contributed by atoms with Crippen LogP contribution in [0.1, 0.15) is 28.6 Å². The lowest BCUT2D eigenvalue weighted by Gasteiger charge is -2.14. The predicted octanol–water partition coefficient (Wildman–Crippen LogP) is 2.57. The Labute approximate surface area is 180 Å². The average Bonchev–Trinajstić information content (AvgIpc) is 3.22. The zero-order valence-corrected chi connectivity index (χ0v) is 16.6. The SMILES string of the molecule is NC(=O)c1nnc(NC[C@@H](N)c2ccccc2)nc1Nc1ccc2cn(C(F)F)nc2c1. The lowest BCUT2D eigenvalue weighted by Crippen LogP contribution is -2.23. The summed E-state index contributed by atoms with van der Waals surface area (Å²) >= 11 is 0. The number of fused-ring (bicyclic) bond motifs is 1. The molecule has 2 aromatic carbocycles. The number of alkyl halides is 2. The van der Waals surface area contributed by atoms with Crippen LogP contribution in [0.5, 0.6) is 0 Å². The molecule has 12 heteroatoms. The zero-order chi connectivity index (χ0) is 22.7. The molecule has 1 atom stereocenters. The normalized spacial score (nSPS) is 12.1. The molecule has 0 radical (unpaired) electrons. The average molecular weight is 439 g/mol. The molecule has 2 aromatic heterocycles. The highest BCUT2D eigenvalue weighted by molar-refractivity contribution is 5.96. The second kappa shape index (κ2) is 8.89. The van der Waals surface area contributed by atoms with Crippen LogP contribution >= 0.6 is 0 Å². The monoisotopic (exact) mass is 439 g/mol. The third-order valence-corrected chi connectivity index (χ3v) is 4.62. The summed E-state index contributed by atoms with van der Waals surface area (Å²) in [6.45, 7) is -2.43. The first-order chi connectivity index (χ1) is 15.4. The van der Waals surface area contributed by atoms with E-state index in [1.807, 2.05) is 30.3 Å². The molecule has 0 saturated carbocycles. The maximum absolute atomic E-state index is 12.9. The Bertz CT molecular complexity index is 1250. The van der Waals surface area contributed by atoms with E-state index in [0.717, 1.165) is 5.56 Å². The van der Waals surface area contributed by atoms with Gasteiger partial charge in [0.1, 0.15) is 0 Å². The molecule has 0 spiro atoms. The summed E-state index contributed by atoms with van der Waals surface area (Å²) in [5, 5.41) is 18.0. The molecule has 164 valence electrons. The molecule has 0 aliphatic heterocycles. The van der Waals surface area contributed by atoms with E-state index in [1.165, 1.54) is 6.20 Å². The van der Waals surface area contributed by atoms with E-state index in [-0.39, 0.29) is 23.5 Å². The van der Waals surface area contributed by atoms with E-state index in [1.54, 1.807) is 18.2 Å². The Morgan fingerprint density at radius 1 is 1.12 bits per heavy atom. The van der Waals surface area contributed by atoms with E-state index >= 15 is 0 Å². The van der Waals surface area contributed by atoms with Gasteiger partial charge >= 0.3 is 6.55 Å². The summed E-state index contributed by atoms with van der Waals surface area (Å²) < 4.78 is 26.3. The van der Waals surface area contributed by atoms with E-state index in [2.05, 4.69) is 30.9 Å². The minimum atomic E-state index is -2.75. The summed E-state index contributed by atoms with van der Waals surface area (Å²) in [5.74, 6) is -0.647. The number of amides is 1. The predicted molar refractivity (Wildman–Crippen MR) is 114 cm³/mol. The summed E-state index contributed by atoms with van der Waals surface area (Å²) in [6, 6.07) is 13.9. The van der Waals surface area contributed by atoms with Gasteiger partial charge in [-0.25, -0.2) is 4.68 Å². The molecule has 0 fully saturated rings. The van der Waals surface area contributed by atoms with Gasteiger partial charge in [-0.15, -0.1) is 10.2 Å². The van der Waals surface area contributed by atoms with Gasteiger partial charge in [-0.2, -0.15) is 18.9 Å². The van der Waals surface area contributed by atoms with E-state index in [0.29, 0.717) is 27.8 Å². The molecule has 10 nitrogen and oxygen atoms in total. The fourth-order valence-corrected chi connectivity index (χ4v) is 3.02. The van der Waals surface area contributed by atoms with E-state index in [9.17, 15) is 13.6 Å². The molecule has 4 rings (SSSR count). The topological polar surface area (TPSA) is 150 Å². The number of nitrogens with zero attached hydrogens (tertiary/aromatic N) is 5. The van der Waals surface area contributed by atoms with Crippen molar-refractivity contribution in [3.05, 3.63) is 66.0 Å². The molecule has 0 bridgehead atoms. The van der Waals surface area contributed by atoms with Crippen LogP contribution in [0.2, 0.25) is 0 Å². The van der Waals surface area contributed by atoms with Gasteiger partial charge in [0.15, 0.2) is 11.5 Å². The van der Waals surface area contributed by atoms with Gasteiger partial charge < -0.3 is 22.1 Å². The lowest BCUT2D eigenvalue weighted by atomic mass is 10.1. The Hall–Kier alpha value is -4.19. The van der Waals surface area contributed by atoms with Crippen LogP contribution in [0, 0.1) is 0 Å². The van der Waals surface area contributed by atoms with Gasteiger partial charge in [-0.3, -0.25) is 4.79 Å². The molecule has 6 N–H and O–H groups in total. The highest BCUT2D eigenvalue weighted by Crippen LogP contribution is 2.24. The number of hydrogen-bond donors (Lipinski definition) is 4. The molecular weight excluding hydrogens is 420 g/mol. The Kier molecular flexibility index (Phi) is 5.85. The van der Waals surface area contributed by atoms with Crippen molar-refractivity contribution in [2.75, 3.05) is 17.2 Å². The maximum atomic E-state index is 12.9. The zero-order valence-electron chi connectivity index (χ0n) is 16.6. The van der Waals surface area contributed by atoms with E-state index < -0.39 is 12.5 Å². The minimum absolute atomic E-state index is 0.0518. The third-order valence-electron chi connectivity index (χ3n) is 4.62. The summed E-state index contributed by atoms with van der Waals surface area (Å²) in [6.07, 6.45) is 1.24. The van der Waals surface area contributed by atoms with Crippen LogP contribution in [0.3, 0.4) is 0 Å². The number of carbonyl (C=O) groups excluding carboxylic acids is 1. The number of halogens is 2. The summed E-state index contributed by atoms with van der Waals surface area (Å²) in [7, 11) is 0. The molecular formula is C20H19F2N9O. The minimum Gasteiger partial charge on any atom is -0.364 e. The number of nitrogens with two attached hydrogens (primary N) is 2. The molecule has 32 heavy (non-hydrogen) atoms. The number of carbonyl (C=O) groups is 1. The smallest absolute Gasteiger partial charge is 0.333 e. The Morgan fingerprint density at radius 3 is 2.62 bits per heavy atom. The largest absolute Gasteiger partial charge is 0.364 e. The standard InChI is InChI=1S/C20H19F2N9O/c21-19(22)31-10-12-6-7-13(8-15(12)30-31)26-18-16(17(24)32)28-29-20(27-18)25-9-14(23)11-4-2-1-3-5-11/h1-8,10,14,19H,9,23H2,(H2,24,32)(H2,25,26,27,29)/t14-/m1/s1. The first-order valence-corrected chi connectivity index (χ1v) is 9.53. The van der Waals surface area contributed by atoms with Crippen LogP contribution in [0.25, 0.3) is 10.9 Å². The van der Waals surface area contributed by atoms with Crippen molar-refractivity contribution in [1.82, 2.24) is 25.0 Å². The molecule has 4 aromatic rings. The van der Waals surface area contributed by atoms with Crippen molar-refractivity contribution in [2.45, 2.75) is 12.6 Å². The first kappa shape index (κ1) is 21.1.